The minimum atomic E-state index is -0.0446. The first-order valence-corrected chi connectivity index (χ1v) is 6.43. The Morgan fingerprint density at radius 3 is 2.72 bits per heavy atom. The summed E-state index contributed by atoms with van der Waals surface area (Å²) in [5.41, 5.74) is 2.12. The molecule has 1 fully saturated rings. The first-order valence-electron chi connectivity index (χ1n) is 6.43. The van der Waals surface area contributed by atoms with Crippen LogP contribution in [0.25, 0.3) is 0 Å². The second-order valence-corrected chi connectivity index (χ2v) is 4.59. The number of anilines is 1. The number of amides is 2. The highest BCUT2D eigenvalue weighted by atomic mass is 16.5. The van der Waals surface area contributed by atoms with Crippen LogP contribution >= 0.6 is 0 Å². The number of hydrogen-bond donors (Lipinski definition) is 1. The van der Waals surface area contributed by atoms with Gasteiger partial charge in [-0.25, -0.2) is 4.79 Å². The fourth-order valence-electron chi connectivity index (χ4n) is 2.07. The van der Waals surface area contributed by atoms with E-state index in [2.05, 4.69) is 5.32 Å². The Hall–Kier alpha value is -1.55. The zero-order valence-corrected chi connectivity index (χ0v) is 11.0. The van der Waals surface area contributed by atoms with Crippen LogP contribution in [0.2, 0.25) is 0 Å². The van der Waals surface area contributed by atoms with Gasteiger partial charge in [-0.1, -0.05) is 17.7 Å². The first-order chi connectivity index (χ1) is 8.70. The molecule has 4 heteroatoms. The molecule has 1 aromatic rings. The van der Waals surface area contributed by atoms with Gasteiger partial charge in [0.15, 0.2) is 0 Å². The zero-order valence-electron chi connectivity index (χ0n) is 11.0. The summed E-state index contributed by atoms with van der Waals surface area (Å²) in [6, 6.07) is 8.09. The van der Waals surface area contributed by atoms with E-state index in [-0.39, 0.29) is 12.1 Å². The third-order valence-corrected chi connectivity index (χ3v) is 3.16. The Labute approximate surface area is 108 Å². The molecule has 0 radical (unpaired) electrons. The number of hydrogen-bond acceptors (Lipinski definition) is 2. The molecular weight excluding hydrogens is 228 g/mol. The number of benzene rings is 1. The minimum Gasteiger partial charge on any atom is -0.379 e. The quantitative estimate of drug-likeness (QED) is 0.892. The van der Waals surface area contributed by atoms with E-state index in [9.17, 15) is 4.79 Å². The summed E-state index contributed by atoms with van der Waals surface area (Å²) in [4.78, 5) is 13.9. The standard InChI is InChI=1S/C14H20N2O2/c1-3-16(13-6-4-11(2)5-7-13)14(17)15-12-8-9-18-10-12/h4-7,12H,3,8-10H2,1-2H3,(H,15,17). The van der Waals surface area contributed by atoms with Crippen molar-refractivity contribution in [2.24, 2.45) is 0 Å². The first kappa shape index (κ1) is 12.9. The van der Waals surface area contributed by atoms with Gasteiger partial charge < -0.3 is 10.1 Å². The molecule has 1 aliphatic rings. The summed E-state index contributed by atoms with van der Waals surface area (Å²) in [7, 11) is 0. The smallest absolute Gasteiger partial charge is 0.322 e. The van der Waals surface area contributed by atoms with Crippen LogP contribution in [0.15, 0.2) is 24.3 Å². The molecule has 1 unspecified atom stereocenters. The zero-order chi connectivity index (χ0) is 13.0. The average Bonchev–Trinajstić information content (AvgIpc) is 2.85. The van der Waals surface area contributed by atoms with Crippen molar-refractivity contribution < 1.29 is 9.53 Å². The Balaban J connectivity index is 2.02. The van der Waals surface area contributed by atoms with Crippen LogP contribution in [0.5, 0.6) is 0 Å². The van der Waals surface area contributed by atoms with Gasteiger partial charge in [0.1, 0.15) is 0 Å². The van der Waals surface area contributed by atoms with Crippen LogP contribution in [-0.4, -0.2) is 31.8 Å². The summed E-state index contributed by atoms with van der Waals surface area (Å²) < 4.78 is 5.26. The van der Waals surface area contributed by atoms with E-state index < -0.39 is 0 Å². The third-order valence-electron chi connectivity index (χ3n) is 3.16. The van der Waals surface area contributed by atoms with Gasteiger partial charge in [0.25, 0.3) is 0 Å². The fourth-order valence-corrected chi connectivity index (χ4v) is 2.07. The molecule has 1 aromatic carbocycles. The normalized spacial score (nSPS) is 18.7. The lowest BCUT2D eigenvalue weighted by molar-refractivity contribution is 0.189. The van der Waals surface area contributed by atoms with Crippen molar-refractivity contribution in [3.05, 3.63) is 29.8 Å². The third kappa shape index (κ3) is 3.01. The number of ether oxygens (including phenoxy) is 1. The van der Waals surface area contributed by atoms with Gasteiger partial charge in [0.2, 0.25) is 0 Å². The maximum atomic E-state index is 12.2. The minimum absolute atomic E-state index is 0.0446. The number of aryl methyl sites for hydroxylation is 1. The number of nitrogens with zero attached hydrogens (tertiary/aromatic N) is 1. The highest BCUT2D eigenvalue weighted by Crippen LogP contribution is 2.15. The molecule has 1 atom stereocenters. The fraction of sp³-hybridized carbons (Fsp3) is 0.500. The van der Waals surface area contributed by atoms with Crippen LogP contribution in [0.3, 0.4) is 0 Å². The number of urea groups is 1. The molecule has 1 saturated heterocycles. The molecule has 1 aliphatic heterocycles. The highest BCUT2D eigenvalue weighted by molar-refractivity contribution is 5.92. The molecule has 18 heavy (non-hydrogen) atoms. The average molecular weight is 248 g/mol. The number of nitrogens with one attached hydrogen (secondary N) is 1. The van der Waals surface area contributed by atoms with Crippen LogP contribution < -0.4 is 10.2 Å². The van der Waals surface area contributed by atoms with Crippen molar-refractivity contribution in [3.8, 4) is 0 Å². The summed E-state index contributed by atoms with van der Waals surface area (Å²) in [6.45, 7) is 6.03. The van der Waals surface area contributed by atoms with Gasteiger partial charge in [-0.15, -0.1) is 0 Å². The Bertz CT molecular complexity index is 397. The SMILES string of the molecule is CCN(C(=O)NC1CCOC1)c1ccc(C)cc1. The summed E-state index contributed by atoms with van der Waals surface area (Å²) in [5, 5.41) is 3.00. The largest absolute Gasteiger partial charge is 0.379 e. The lowest BCUT2D eigenvalue weighted by Crippen LogP contribution is -2.45. The number of carbonyl (C=O) groups excluding carboxylic acids is 1. The van der Waals surface area contributed by atoms with Gasteiger partial charge in [-0.05, 0) is 32.4 Å². The monoisotopic (exact) mass is 248 g/mol. The molecule has 0 aromatic heterocycles. The van der Waals surface area contributed by atoms with Crippen molar-refractivity contribution >= 4 is 11.7 Å². The van der Waals surface area contributed by atoms with E-state index >= 15 is 0 Å². The number of rotatable bonds is 3. The van der Waals surface area contributed by atoms with Gasteiger partial charge >= 0.3 is 6.03 Å². The molecule has 1 heterocycles. The van der Waals surface area contributed by atoms with Crippen LogP contribution in [0.1, 0.15) is 18.9 Å². The maximum absolute atomic E-state index is 12.2. The van der Waals surface area contributed by atoms with Crippen molar-refractivity contribution in [1.82, 2.24) is 5.32 Å². The summed E-state index contributed by atoms with van der Waals surface area (Å²) in [6.07, 6.45) is 0.900. The van der Waals surface area contributed by atoms with E-state index in [0.29, 0.717) is 13.2 Å². The molecule has 2 amide bonds. The van der Waals surface area contributed by atoms with Gasteiger partial charge in [-0.3, -0.25) is 4.90 Å². The van der Waals surface area contributed by atoms with Crippen LogP contribution in [0.4, 0.5) is 10.5 Å². The molecule has 0 spiro atoms. The maximum Gasteiger partial charge on any atom is 0.322 e. The summed E-state index contributed by atoms with van der Waals surface area (Å²) >= 11 is 0. The molecular formula is C14H20N2O2. The van der Waals surface area contributed by atoms with E-state index in [1.807, 2.05) is 38.1 Å². The van der Waals surface area contributed by atoms with Crippen molar-refractivity contribution in [2.45, 2.75) is 26.3 Å². The van der Waals surface area contributed by atoms with E-state index in [4.69, 9.17) is 4.74 Å². The lowest BCUT2D eigenvalue weighted by Gasteiger charge is -2.23. The van der Waals surface area contributed by atoms with Gasteiger partial charge in [-0.2, -0.15) is 0 Å². The van der Waals surface area contributed by atoms with E-state index in [1.54, 1.807) is 4.90 Å². The van der Waals surface area contributed by atoms with Gasteiger partial charge in [0, 0.05) is 18.8 Å². The topological polar surface area (TPSA) is 41.6 Å². The molecule has 98 valence electrons. The molecule has 0 saturated carbocycles. The summed E-state index contributed by atoms with van der Waals surface area (Å²) in [5.74, 6) is 0. The Kier molecular flexibility index (Phi) is 4.20. The van der Waals surface area contributed by atoms with Gasteiger partial charge in [0.05, 0.1) is 12.6 Å². The second-order valence-electron chi connectivity index (χ2n) is 4.59. The predicted molar refractivity (Wildman–Crippen MR) is 72.0 cm³/mol. The van der Waals surface area contributed by atoms with Crippen molar-refractivity contribution in [3.63, 3.8) is 0 Å². The molecule has 2 rings (SSSR count). The Morgan fingerprint density at radius 2 is 2.17 bits per heavy atom. The molecule has 0 bridgehead atoms. The van der Waals surface area contributed by atoms with E-state index in [1.165, 1.54) is 5.56 Å². The van der Waals surface area contributed by atoms with Crippen molar-refractivity contribution in [1.29, 1.82) is 0 Å². The van der Waals surface area contributed by atoms with E-state index in [0.717, 1.165) is 18.7 Å². The predicted octanol–water partition coefficient (Wildman–Crippen LogP) is 2.32. The van der Waals surface area contributed by atoms with Crippen molar-refractivity contribution in [2.75, 3.05) is 24.7 Å². The lowest BCUT2D eigenvalue weighted by atomic mass is 10.2. The van der Waals surface area contributed by atoms with Crippen LogP contribution in [0, 0.1) is 6.92 Å². The highest BCUT2D eigenvalue weighted by Gasteiger charge is 2.21. The second kappa shape index (κ2) is 5.87. The number of carbonyl (C=O) groups is 1. The molecule has 1 N–H and O–H groups in total. The molecule has 4 nitrogen and oxygen atoms in total. The Morgan fingerprint density at radius 1 is 1.44 bits per heavy atom. The van der Waals surface area contributed by atoms with Crippen LogP contribution in [-0.2, 0) is 4.74 Å². The molecule has 0 aliphatic carbocycles.